The van der Waals surface area contributed by atoms with E-state index in [1.54, 1.807) is 0 Å². The van der Waals surface area contributed by atoms with Crippen LogP contribution >= 0.6 is 0 Å². The highest BCUT2D eigenvalue weighted by molar-refractivity contribution is 5.91. The number of para-hydroxylation sites is 1. The van der Waals surface area contributed by atoms with Gasteiger partial charge in [0.05, 0.1) is 0 Å². The summed E-state index contributed by atoms with van der Waals surface area (Å²) in [6.07, 6.45) is 1.06. The van der Waals surface area contributed by atoms with E-state index in [2.05, 4.69) is 40.5 Å². The fraction of sp³-hybridized carbons (Fsp3) is 0.381. The van der Waals surface area contributed by atoms with Gasteiger partial charge in [0, 0.05) is 38.4 Å². The molecule has 1 aliphatic rings. The number of nitrogens with zero attached hydrogens (tertiary/aromatic N) is 2. The molecule has 0 bridgehead atoms. The molecule has 1 heterocycles. The molecule has 3 rings (SSSR count). The highest BCUT2D eigenvalue weighted by Gasteiger charge is 2.21. The van der Waals surface area contributed by atoms with Crippen LogP contribution in [0.25, 0.3) is 0 Å². The van der Waals surface area contributed by atoms with E-state index in [0.717, 1.165) is 56.0 Å². The highest BCUT2D eigenvalue weighted by atomic mass is 16.2. The number of carbonyl (C=O) groups excluding carboxylic acids is 1. The van der Waals surface area contributed by atoms with E-state index < -0.39 is 0 Å². The van der Waals surface area contributed by atoms with Crippen molar-refractivity contribution in [3.05, 3.63) is 65.2 Å². The third-order valence-electron chi connectivity index (χ3n) is 4.93. The summed E-state index contributed by atoms with van der Waals surface area (Å²) in [7, 11) is 0. The second-order valence-electron chi connectivity index (χ2n) is 6.76. The van der Waals surface area contributed by atoms with Gasteiger partial charge in [0.15, 0.2) is 0 Å². The number of benzene rings is 2. The van der Waals surface area contributed by atoms with Crippen molar-refractivity contribution in [2.45, 2.75) is 20.3 Å². The Labute approximate surface area is 150 Å². The molecular weight excluding hydrogens is 310 g/mol. The molecule has 1 fully saturated rings. The van der Waals surface area contributed by atoms with Crippen LogP contribution in [-0.2, 0) is 6.42 Å². The summed E-state index contributed by atoms with van der Waals surface area (Å²) in [5.41, 5.74) is 4.53. The standard InChI is InChI=1S/C21H27N3O/c1-17-7-6-8-18(2)20(17)22-21(25)24-15-13-23(14-16-24)12-11-19-9-4-3-5-10-19/h3-10H,11-16H2,1-2H3,(H,22,25). The van der Waals surface area contributed by atoms with E-state index in [4.69, 9.17) is 0 Å². The number of amides is 2. The molecule has 0 radical (unpaired) electrons. The van der Waals surface area contributed by atoms with E-state index in [-0.39, 0.29) is 6.03 Å². The van der Waals surface area contributed by atoms with E-state index in [9.17, 15) is 4.79 Å². The Hall–Kier alpha value is -2.33. The molecule has 1 aliphatic heterocycles. The average Bonchev–Trinajstić information content (AvgIpc) is 2.64. The lowest BCUT2D eigenvalue weighted by Gasteiger charge is -2.35. The lowest BCUT2D eigenvalue weighted by molar-refractivity contribution is 0.148. The van der Waals surface area contributed by atoms with Crippen molar-refractivity contribution in [2.75, 3.05) is 38.0 Å². The van der Waals surface area contributed by atoms with Crippen molar-refractivity contribution in [3.8, 4) is 0 Å². The maximum absolute atomic E-state index is 12.6. The number of hydrogen-bond acceptors (Lipinski definition) is 2. The minimum Gasteiger partial charge on any atom is -0.322 e. The summed E-state index contributed by atoms with van der Waals surface area (Å²) in [5.74, 6) is 0. The summed E-state index contributed by atoms with van der Waals surface area (Å²) in [6, 6.07) is 16.7. The fourth-order valence-electron chi connectivity index (χ4n) is 3.30. The van der Waals surface area contributed by atoms with Crippen LogP contribution in [0.15, 0.2) is 48.5 Å². The molecular formula is C21H27N3O. The predicted octanol–water partition coefficient (Wildman–Crippen LogP) is 3.70. The first-order chi connectivity index (χ1) is 12.1. The Morgan fingerprint density at radius 2 is 1.56 bits per heavy atom. The van der Waals surface area contributed by atoms with Crippen molar-refractivity contribution in [3.63, 3.8) is 0 Å². The van der Waals surface area contributed by atoms with Gasteiger partial charge in [-0.1, -0.05) is 48.5 Å². The number of anilines is 1. The largest absolute Gasteiger partial charge is 0.322 e. The lowest BCUT2D eigenvalue weighted by Crippen LogP contribution is -2.50. The number of carbonyl (C=O) groups is 1. The topological polar surface area (TPSA) is 35.6 Å². The number of rotatable bonds is 4. The van der Waals surface area contributed by atoms with Gasteiger partial charge in [-0.2, -0.15) is 0 Å². The molecule has 1 N–H and O–H groups in total. The van der Waals surface area contributed by atoms with Crippen LogP contribution in [-0.4, -0.2) is 48.6 Å². The van der Waals surface area contributed by atoms with Gasteiger partial charge in [0.1, 0.15) is 0 Å². The Bertz CT molecular complexity index is 686. The monoisotopic (exact) mass is 337 g/mol. The molecule has 25 heavy (non-hydrogen) atoms. The Balaban J connectivity index is 1.48. The molecule has 0 spiro atoms. The minimum absolute atomic E-state index is 0.0140. The van der Waals surface area contributed by atoms with Crippen LogP contribution in [0.5, 0.6) is 0 Å². The molecule has 0 atom stereocenters. The fourth-order valence-corrected chi connectivity index (χ4v) is 3.30. The molecule has 2 aromatic carbocycles. The van der Waals surface area contributed by atoms with Gasteiger partial charge < -0.3 is 10.2 Å². The molecule has 132 valence electrons. The Morgan fingerprint density at radius 1 is 0.920 bits per heavy atom. The van der Waals surface area contributed by atoms with Crippen LogP contribution in [0.3, 0.4) is 0 Å². The second-order valence-corrected chi connectivity index (χ2v) is 6.76. The van der Waals surface area contributed by atoms with Crippen molar-refractivity contribution in [1.82, 2.24) is 9.80 Å². The third kappa shape index (κ3) is 4.60. The average molecular weight is 337 g/mol. The molecule has 0 aromatic heterocycles. The summed E-state index contributed by atoms with van der Waals surface area (Å²) in [6.45, 7) is 8.56. The smallest absolute Gasteiger partial charge is 0.321 e. The van der Waals surface area contributed by atoms with Crippen molar-refractivity contribution >= 4 is 11.7 Å². The van der Waals surface area contributed by atoms with Crippen LogP contribution in [0, 0.1) is 13.8 Å². The van der Waals surface area contributed by atoms with Gasteiger partial charge in [-0.15, -0.1) is 0 Å². The molecule has 2 aromatic rings. The molecule has 1 saturated heterocycles. The number of piperazine rings is 1. The number of hydrogen-bond donors (Lipinski definition) is 1. The van der Waals surface area contributed by atoms with E-state index in [1.165, 1.54) is 5.56 Å². The lowest BCUT2D eigenvalue weighted by atomic mass is 10.1. The van der Waals surface area contributed by atoms with Crippen LogP contribution in [0.1, 0.15) is 16.7 Å². The van der Waals surface area contributed by atoms with E-state index in [1.807, 2.05) is 36.9 Å². The second kappa shape index (κ2) is 8.17. The first-order valence-electron chi connectivity index (χ1n) is 9.02. The SMILES string of the molecule is Cc1cccc(C)c1NC(=O)N1CCN(CCc2ccccc2)CC1. The molecule has 0 aliphatic carbocycles. The first kappa shape index (κ1) is 17.5. The molecule has 0 unspecified atom stereocenters. The third-order valence-corrected chi connectivity index (χ3v) is 4.93. The maximum atomic E-state index is 12.6. The zero-order chi connectivity index (χ0) is 17.6. The van der Waals surface area contributed by atoms with Gasteiger partial charge in [-0.3, -0.25) is 4.90 Å². The van der Waals surface area contributed by atoms with Crippen LogP contribution in [0.4, 0.5) is 10.5 Å². The summed E-state index contributed by atoms with van der Waals surface area (Å²) in [5, 5.41) is 3.09. The van der Waals surface area contributed by atoms with E-state index in [0.29, 0.717) is 0 Å². The maximum Gasteiger partial charge on any atom is 0.321 e. The summed E-state index contributed by atoms with van der Waals surface area (Å²) >= 11 is 0. The summed E-state index contributed by atoms with van der Waals surface area (Å²) in [4.78, 5) is 16.9. The molecule has 0 saturated carbocycles. The van der Waals surface area contributed by atoms with Gasteiger partial charge in [-0.25, -0.2) is 4.79 Å². The van der Waals surface area contributed by atoms with Gasteiger partial charge in [0.25, 0.3) is 0 Å². The zero-order valence-corrected chi connectivity index (χ0v) is 15.2. The van der Waals surface area contributed by atoms with Crippen molar-refractivity contribution in [1.29, 1.82) is 0 Å². The quantitative estimate of drug-likeness (QED) is 0.923. The Morgan fingerprint density at radius 3 is 2.20 bits per heavy atom. The van der Waals surface area contributed by atoms with Crippen LogP contribution < -0.4 is 5.32 Å². The molecule has 4 nitrogen and oxygen atoms in total. The first-order valence-corrected chi connectivity index (χ1v) is 9.02. The number of urea groups is 1. The normalized spacial score (nSPS) is 15.2. The Kier molecular flexibility index (Phi) is 5.71. The van der Waals surface area contributed by atoms with Crippen molar-refractivity contribution in [2.24, 2.45) is 0 Å². The van der Waals surface area contributed by atoms with Gasteiger partial charge in [-0.05, 0) is 37.0 Å². The number of aryl methyl sites for hydroxylation is 2. The van der Waals surface area contributed by atoms with E-state index >= 15 is 0 Å². The molecule has 2 amide bonds. The predicted molar refractivity (Wildman–Crippen MR) is 103 cm³/mol. The zero-order valence-electron chi connectivity index (χ0n) is 15.2. The minimum atomic E-state index is 0.0140. The highest BCUT2D eigenvalue weighted by Crippen LogP contribution is 2.20. The van der Waals surface area contributed by atoms with Crippen molar-refractivity contribution < 1.29 is 4.79 Å². The molecule has 4 heteroatoms. The summed E-state index contributed by atoms with van der Waals surface area (Å²) < 4.78 is 0. The van der Waals surface area contributed by atoms with Gasteiger partial charge in [0.2, 0.25) is 0 Å². The van der Waals surface area contributed by atoms with Gasteiger partial charge >= 0.3 is 6.03 Å². The number of nitrogens with one attached hydrogen (secondary N) is 1. The van der Waals surface area contributed by atoms with Crippen LogP contribution in [0.2, 0.25) is 0 Å².